The smallest absolute Gasteiger partial charge is 0.253 e. The average molecular weight is 294 g/mol. The molecule has 1 amide bonds. The van der Waals surface area contributed by atoms with Crippen molar-refractivity contribution >= 4 is 5.91 Å². The quantitative estimate of drug-likeness (QED) is 0.906. The van der Waals surface area contributed by atoms with Crippen molar-refractivity contribution in [2.45, 2.75) is 19.8 Å². The zero-order valence-corrected chi connectivity index (χ0v) is 12.7. The molecule has 2 rings (SSSR count). The molecule has 116 valence electrons. The van der Waals surface area contributed by atoms with Crippen molar-refractivity contribution in [1.29, 1.82) is 0 Å². The first-order chi connectivity index (χ1) is 10.2. The fourth-order valence-corrected chi connectivity index (χ4v) is 2.66. The number of piperidine rings is 1. The summed E-state index contributed by atoms with van der Waals surface area (Å²) in [4.78, 5) is 14.3. The molecule has 0 unspecified atom stereocenters. The molecule has 0 radical (unpaired) electrons. The van der Waals surface area contributed by atoms with Crippen molar-refractivity contribution in [2.75, 3.05) is 33.3 Å². The summed E-state index contributed by atoms with van der Waals surface area (Å²) in [6, 6.07) is 4.28. The van der Waals surface area contributed by atoms with Crippen LogP contribution in [-0.4, -0.2) is 44.1 Å². The Morgan fingerprint density at radius 2 is 2.14 bits per heavy atom. The number of hydrogen-bond acceptors (Lipinski definition) is 3. The van der Waals surface area contributed by atoms with Crippen LogP contribution in [0.5, 0.6) is 5.75 Å². The van der Waals surface area contributed by atoms with Gasteiger partial charge in [-0.1, -0.05) is 6.92 Å². The van der Waals surface area contributed by atoms with Gasteiger partial charge in [0.2, 0.25) is 0 Å². The molecule has 1 aliphatic rings. The molecule has 0 bridgehead atoms. The molecule has 1 N–H and O–H groups in total. The number of carbonyl (C=O) groups excluding carboxylic acids is 1. The molecular formula is C16H23FN2O2. The van der Waals surface area contributed by atoms with Crippen molar-refractivity contribution < 1.29 is 13.9 Å². The molecule has 0 saturated carbocycles. The molecule has 5 heteroatoms. The van der Waals surface area contributed by atoms with E-state index in [-0.39, 0.29) is 11.7 Å². The van der Waals surface area contributed by atoms with Gasteiger partial charge in [0.1, 0.15) is 0 Å². The van der Waals surface area contributed by atoms with E-state index in [4.69, 9.17) is 4.74 Å². The van der Waals surface area contributed by atoms with E-state index in [2.05, 4.69) is 12.2 Å². The second-order valence-corrected chi connectivity index (χ2v) is 5.39. The maximum absolute atomic E-state index is 13.4. The highest BCUT2D eigenvalue weighted by Crippen LogP contribution is 2.22. The Bertz CT molecular complexity index is 485. The highest BCUT2D eigenvalue weighted by Gasteiger charge is 2.23. The van der Waals surface area contributed by atoms with Gasteiger partial charge in [0.05, 0.1) is 7.11 Å². The number of hydrogen-bond donors (Lipinski definition) is 1. The van der Waals surface area contributed by atoms with Gasteiger partial charge >= 0.3 is 0 Å². The lowest BCUT2D eigenvalue weighted by Crippen LogP contribution is -2.40. The van der Waals surface area contributed by atoms with Gasteiger partial charge < -0.3 is 15.0 Å². The maximum atomic E-state index is 13.4. The number of benzene rings is 1. The fourth-order valence-electron chi connectivity index (χ4n) is 2.66. The molecule has 1 aliphatic heterocycles. The number of methoxy groups -OCH3 is 1. The van der Waals surface area contributed by atoms with Crippen LogP contribution in [0.3, 0.4) is 0 Å². The number of amides is 1. The first-order valence-corrected chi connectivity index (χ1v) is 7.49. The van der Waals surface area contributed by atoms with Gasteiger partial charge in [-0.15, -0.1) is 0 Å². The summed E-state index contributed by atoms with van der Waals surface area (Å²) >= 11 is 0. The van der Waals surface area contributed by atoms with Gasteiger partial charge in [-0.25, -0.2) is 4.39 Å². The van der Waals surface area contributed by atoms with E-state index in [1.807, 2.05) is 4.90 Å². The molecule has 1 fully saturated rings. The fraction of sp³-hybridized carbons (Fsp3) is 0.562. The molecule has 0 aliphatic carbocycles. The van der Waals surface area contributed by atoms with Gasteiger partial charge in [-0.3, -0.25) is 4.79 Å². The van der Waals surface area contributed by atoms with Crippen LogP contribution in [0.15, 0.2) is 18.2 Å². The van der Waals surface area contributed by atoms with E-state index in [0.29, 0.717) is 11.5 Å². The minimum absolute atomic E-state index is 0.0461. The van der Waals surface area contributed by atoms with E-state index in [1.54, 1.807) is 0 Å². The van der Waals surface area contributed by atoms with E-state index < -0.39 is 5.82 Å². The molecular weight excluding hydrogens is 271 g/mol. The summed E-state index contributed by atoms with van der Waals surface area (Å²) in [5, 5.41) is 3.35. The molecule has 1 saturated heterocycles. The number of halogens is 1. The summed E-state index contributed by atoms with van der Waals surface area (Å²) in [7, 11) is 1.40. The highest BCUT2D eigenvalue weighted by molar-refractivity contribution is 5.94. The Morgan fingerprint density at radius 1 is 1.43 bits per heavy atom. The van der Waals surface area contributed by atoms with E-state index in [0.717, 1.165) is 39.0 Å². The SMILES string of the molecule is CCNCC1CCN(C(=O)c2ccc(F)c(OC)c2)CC1. The van der Waals surface area contributed by atoms with E-state index in [9.17, 15) is 9.18 Å². The maximum Gasteiger partial charge on any atom is 0.253 e. The molecule has 4 nitrogen and oxygen atoms in total. The third kappa shape index (κ3) is 3.94. The second-order valence-electron chi connectivity index (χ2n) is 5.39. The Balaban J connectivity index is 1.95. The van der Waals surface area contributed by atoms with Crippen LogP contribution in [0.1, 0.15) is 30.1 Å². The summed E-state index contributed by atoms with van der Waals surface area (Å²) < 4.78 is 18.3. The van der Waals surface area contributed by atoms with Crippen LogP contribution in [0.25, 0.3) is 0 Å². The standard InChI is InChI=1S/C16H23FN2O2/c1-3-18-11-12-6-8-19(9-7-12)16(20)13-4-5-14(17)15(10-13)21-2/h4-5,10,12,18H,3,6-9,11H2,1-2H3. The van der Waals surface area contributed by atoms with Crippen LogP contribution >= 0.6 is 0 Å². The predicted octanol–water partition coefficient (Wildman–Crippen LogP) is 2.30. The van der Waals surface area contributed by atoms with Crippen molar-refractivity contribution in [3.8, 4) is 5.75 Å². The topological polar surface area (TPSA) is 41.6 Å². The van der Waals surface area contributed by atoms with Gasteiger partial charge in [-0.2, -0.15) is 0 Å². The summed E-state index contributed by atoms with van der Waals surface area (Å²) in [5.74, 6) is 0.258. The lowest BCUT2D eigenvalue weighted by Gasteiger charge is -2.32. The average Bonchev–Trinajstić information content (AvgIpc) is 2.53. The highest BCUT2D eigenvalue weighted by atomic mass is 19.1. The predicted molar refractivity (Wildman–Crippen MR) is 80.1 cm³/mol. The monoisotopic (exact) mass is 294 g/mol. The molecule has 1 aromatic rings. The third-order valence-electron chi connectivity index (χ3n) is 3.98. The van der Waals surface area contributed by atoms with Gasteiger partial charge in [0.15, 0.2) is 11.6 Å². The minimum Gasteiger partial charge on any atom is -0.494 e. The first kappa shape index (κ1) is 15.8. The zero-order chi connectivity index (χ0) is 15.2. The Labute approximate surface area is 125 Å². The number of nitrogens with zero attached hydrogens (tertiary/aromatic N) is 1. The van der Waals surface area contributed by atoms with Crippen molar-refractivity contribution in [3.63, 3.8) is 0 Å². The number of ether oxygens (including phenoxy) is 1. The Hall–Kier alpha value is -1.62. The van der Waals surface area contributed by atoms with Crippen LogP contribution in [0.4, 0.5) is 4.39 Å². The molecule has 0 spiro atoms. The van der Waals surface area contributed by atoms with Crippen LogP contribution < -0.4 is 10.1 Å². The summed E-state index contributed by atoms with van der Waals surface area (Å²) in [6.07, 6.45) is 2.02. The van der Waals surface area contributed by atoms with Crippen molar-refractivity contribution in [1.82, 2.24) is 10.2 Å². The summed E-state index contributed by atoms with van der Waals surface area (Å²) in [5.41, 5.74) is 0.485. The van der Waals surface area contributed by atoms with Crippen LogP contribution in [0.2, 0.25) is 0 Å². The van der Waals surface area contributed by atoms with Crippen molar-refractivity contribution in [3.05, 3.63) is 29.6 Å². The van der Waals surface area contributed by atoms with Crippen LogP contribution in [-0.2, 0) is 0 Å². The number of rotatable bonds is 5. The lowest BCUT2D eigenvalue weighted by molar-refractivity contribution is 0.0690. The molecule has 1 aromatic carbocycles. The number of likely N-dealkylation sites (tertiary alicyclic amines) is 1. The van der Waals surface area contributed by atoms with E-state index >= 15 is 0 Å². The molecule has 0 aromatic heterocycles. The molecule has 21 heavy (non-hydrogen) atoms. The zero-order valence-electron chi connectivity index (χ0n) is 12.7. The first-order valence-electron chi connectivity index (χ1n) is 7.49. The molecule has 1 heterocycles. The van der Waals surface area contributed by atoms with Gasteiger partial charge in [-0.05, 0) is 50.0 Å². The van der Waals surface area contributed by atoms with Crippen molar-refractivity contribution in [2.24, 2.45) is 5.92 Å². The minimum atomic E-state index is -0.446. The second kappa shape index (κ2) is 7.41. The number of nitrogens with one attached hydrogen (secondary N) is 1. The largest absolute Gasteiger partial charge is 0.494 e. The Morgan fingerprint density at radius 3 is 2.76 bits per heavy atom. The third-order valence-corrected chi connectivity index (χ3v) is 3.98. The Kier molecular flexibility index (Phi) is 5.56. The van der Waals surface area contributed by atoms with E-state index in [1.165, 1.54) is 25.3 Å². The van der Waals surface area contributed by atoms with Crippen LogP contribution in [0, 0.1) is 11.7 Å². The van der Waals surface area contributed by atoms with Gasteiger partial charge in [0, 0.05) is 18.7 Å². The lowest BCUT2D eigenvalue weighted by atomic mass is 9.96. The normalized spacial score (nSPS) is 16.0. The number of carbonyl (C=O) groups is 1. The van der Waals surface area contributed by atoms with Gasteiger partial charge in [0.25, 0.3) is 5.91 Å². The molecule has 0 atom stereocenters. The summed E-state index contributed by atoms with van der Waals surface area (Å²) in [6.45, 7) is 5.61.